The second-order valence-corrected chi connectivity index (χ2v) is 3.59. The van der Waals surface area contributed by atoms with E-state index in [1.165, 1.54) is 0 Å². The molecule has 1 aromatic carbocycles. The first-order valence-electron chi connectivity index (χ1n) is 5.17. The molecule has 0 bridgehead atoms. The molecule has 0 saturated carbocycles. The van der Waals surface area contributed by atoms with Crippen molar-refractivity contribution >= 4 is 18.1 Å². The van der Waals surface area contributed by atoms with Gasteiger partial charge in [0.2, 0.25) is 5.95 Å². The maximum absolute atomic E-state index is 5.59. The Bertz CT molecular complexity index is 545. The van der Waals surface area contributed by atoms with Gasteiger partial charge in [-0.15, -0.1) is 10.2 Å². The Balaban J connectivity index is 2.22. The fraction of sp³-hybridized carbons (Fsp3) is 0.167. The number of ether oxygens (including phenoxy) is 1. The maximum Gasteiger partial charge on any atom is 0.221 e. The van der Waals surface area contributed by atoms with Gasteiger partial charge in [-0.1, -0.05) is 18.2 Å². The van der Waals surface area contributed by atoms with E-state index in [1.54, 1.807) is 11.7 Å². The highest BCUT2D eigenvalue weighted by molar-refractivity contribution is 5.67. The Hall–Kier alpha value is -2.30. The van der Waals surface area contributed by atoms with Gasteiger partial charge in [-0.05, 0) is 23.8 Å². The fourth-order valence-corrected chi connectivity index (χ4v) is 1.42. The fourth-order valence-electron chi connectivity index (χ4n) is 1.42. The Kier molecular flexibility index (Phi) is 3.09. The number of nitrogen functional groups attached to an aromatic ring is 1. The summed E-state index contributed by atoms with van der Waals surface area (Å²) >= 11 is 0. The van der Waals surface area contributed by atoms with E-state index in [-0.39, 0.29) is 0 Å². The molecule has 0 saturated heterocycles. The second kappa shape index (κ2) is 4.69. The van der Waals surface area contributed by atoms with Crippen LogP contribution in [0.3, 0.4) is 0 Å². The van der Waals surface area contributed by atoms with E-state index < -0.39 is 0 Å². The summed E-state index contributed by atoms with van der Waals surface area (Å²) in [5, 5.41) is 7.72. The number of aromatic nitrogens is 3. The maximum atomic E-state index is 5.59. The zero-order valence-corrected chi connectivity index (χ0v) is 9.79. The summed E-state index contributed by atoms with van der Waals surface area (Å²) in [7, 11) is 3.47. The molecule has 0 spiro atoms. The summed E-state index contributed by atoms with van der Waals surface area (Å²) in [6.07, 6.45) is 3.80. The molecule has 0 aliphatic rings. The van der Waals surface area contributed by atoms with Gasteiger partial charge < -0.3 is 10.5 Å². The van der Waals surface area contributed by atoms with Crippen LogP contribution in [-0.2, 0) is 7.05 Å². The number of rotatable bonds is 3. The third-order valence-corrected chi connectivity index (χ3v) is 2.46. The smallest absolute Gasteiger partial charge is 0.221 e. The standard InChI is InChI=1S/C12H14N4O/c1-16-11(14-15-12(16)13)7-6-9-4-3-5-10(8-9)17-2/h3-8H,1-2H3,(H2,13,15)/b7-6+. The molecule has 2 N–H and O–H groups in total. The van der Waals surface area contributed by atoms with Gasteiger partial charge >= 0.3 is 0 Å². The Morgan fingerprint density at radius 2 is 2.12 bits per heavy atom. The van der Waals surface area contributed by atoms with E-state index in [0.717, 1.165) is 11.3 Å². The average molecular weight is 230 g/mol. The van der Waals surface area contributed by atoms with E-state index in [4.69, 9.17) is 10.5 Å². The lowest BCUT2D eigenvalue weighted by atomic mass is 10.2. The molecule has 17 heavy (non-hydrogen) atoms. The van der Waals surface area contributed by atoms with E-state index in [9.17, 15) is 0 Å². The predicted octanol–water partition coefficient (Wildman–Crippen LogP) is 1.58. The van der Waals surface area contributed by atoms with Gasteiger partial charge in [0.1, 0.15) is 5.75 Å². The van der Waals surface area contributed by atoms with Gasteiger partial charge in [-0.25, -0.2) is 0 Å². The quantitative estimate of drug-likeness (QED) is 0.869. The lowest BCUT2D eigenvalue weighted by Gasteiger charge is -2.00. The molecular formula is C12H14N4O. The molecule has 0 amide bonds. The van der Waals surface area contributed by atoms with Crippen LogP contribution >= 0.6 is 0 Å². The first-order valence-corrected chi connectivity index (χ1v) is 5.17. The van der Waals surface area contributed by atoms with E-state index in [2.05, 4.69) is 10.2 Å². The Labute approximate surface area is 99.5 Å². The SMILES string of the molecule is COc1cccc(/C=C/c2nnc(N)n2C)c1. The molecule has 2 rings (SSSR count). The first-order chi connectivity index (χ1) is 8.20. The van der Waals surface area contributed by atoms with Crippen LogP contribution in [0.2, 0.25) is 0 Å². The Morgan fingerprint density at radius 1 is 1.29 bits per heavy atom. The molecule has 0 unspecified atom stereocenters. The summed E-state index contributed by atoms with van der Waals surface area (Å²) in [6.45, 7) is 0. The van der Waals surface area contributed by atoms with Gasteiger partial charge in [-0.2, -0.15) is 0 Å². The van der Waals surface area contributed by atoms with Gasteiger partial charge in [0.15, 0.2) is 5.82 Å². The molecule has 1 aromatic heterocycles. The molecule has 1 heterocycles. The molecule has 5 heteroatoms. The van der Waals surface area contributed by atoms with Crippen LogP contribution in [0.1, 0.15) is 11.4 Å². The van der Waals surface area contributed by atoms with Crippen LogP contribution in [0.15, 0.2) is 24.3 Å². The highest BCUT2D eigenvalue weighted by Crippen LogP contribution is 2.14. The minimum Gasteiger partial charge on any atom is -0.497 e. The van der Waals surface area contributed by atoms with Crippen molar-refractivity contribution in [3.8, 4) is 5.75 Å². The van der Waals surface area contributed by atoms with Crippen LogP contribution in [0.4, 0.5) is 5.95 Å². The first kappa shape index (κ1) is 11.2. The summed E-state index contributed by atoms with van der Waals surface area (Å²) in [4.78, 5) is 0. The molecule has 0 radical (unpaired) electrons. The molecule has 0 aliphatic heterocycles. The monoisotopic (exact) mass is 230 g/mol. The largest absolute Gasteiger partial charge is 0.497 e. The number of methoxy groups -OCH3 is 1. The second-order valence-electron chi connectivity index (χ2n) is 3.59. The number of hydrogen-bond acceptors (Lipinski definition) is 4. The predicted molar refractivity (Wildman–Crippen MR) is 67.3 cm³/mol. The third kappa shape index (κ3) is 2.44. The van der Waals surface area contributed by atoms with E-state index in [0.29, 0.717) is 11.8 Å². The van der Waals surface area contributed by atoms with Crippen molar-refractivity contribution in [1.29, 1.82) is 0 Å². The van der Waals surface area contributed by atoms with E-state index >= 15 is 0 Å². The van der Waals surface area contributed by atoms with Crippen molar-refractivity contribution < 1.29 is 4.74 Å². The zero-order valence-electron chi connectivity index (χ0n) is 9.79. The minimum absolute atomic E-state index is 0.398. The molecular weight excluding hydrogens is 216 g/mol. The zero-order chi connectivity index (χ0) is 12.3. The summed E-state index contributed by atoms with van der Waals surface area (Å²) in [5.41, 5.74) is 6.62. The number of nitrogens with zero attached hydrogens (tertiary/aromatic N) is 3. The summed E-state index contributed by atoms with van der Waals surface area (Å²) in [5.74, 6) is 1.94. The number of anilines is 1. The Morgan fingerprint density at radius 3 is 2.76 bits per heavy atom. The van der Waals surface area contributed by atoms with Crippen molar-refractivity contribution in [1.82, 2.24) is 14.8 Å². The third-order valence-electron chi connectivity index (χ3n) is 2.46. The lowest BCUT2D eigenvalue weighted by Crippen LogP contribution is -1.98. The van der Waals surface area contributed by atoms with Crippen molar-refractivity contribution in [3.63, 3.8) is 0 Å². The average Bonchev–Trinajstić information content (AvgIpc) is 2.68. The molecule has 0 aliphatic carbocycles. The number of hydrogen-bond donors (Lipinski definition) is 1. The number of nitrogens with two attached hydrogens (primary N) is 1. The normalized spacial score (nSPS) is 10.9. The molecule has 0 fully saturated rings. The molecule has 0 atom stereocenters. The van der Waals surface area contributed by atoms with Gasteiger partial charge in [-0.3, -0.25) is 4.57 Å². The van der Waals surface area contributed by atoms with Crippen LogP contribution < -0.4 is 10.5 Å². The van der Waals surface area contributed by atoms with Crippen molar-refractivity contribution in [2.24, 2.45) is 7.05 Å². The van der Waals surface area contributed by atoms with Crippen molar-refractivity contribution in [2.45, 2.75) is 0 Å². The van der Waals surface area contributed by atoms with Gasteiger partial charge in [0.05, 0.1) is 7.11 Å². The highest BCUT2D eigenvalue weighted by atomic mass is 16.5. The minimum atomic E-state index is 0.398. The topological polar surface area (TPSA) is 66.0 Å². The molecule has 88 valence electrons. The van der Waals surface area contributed by atoms with Crippen molar-refractivity contribution in [2.75, 3.05) is 12.8 Å². The van der Waals surface area contributed by atoms with Gasteiger partial charge in [0, 0.05) is 7.05 Å². The van der Waals surface area contributed by atoms with E-state index in [1.807, 2.05) is 43.5 Å². The van der Waals surface area contributed by atoms with Crippen LogP contribution in [0.25, 0.3) is 12.2 Å². The van der Waals surface area contributed by atoms with Crippen LogP contribution in [0, 0.1) is 0 Å². The van der Waals surface area contributed by atoms with Gasteiger partial charge in [0.25, 0.3) is 0 Å². The summed E-state index contributed by atoms with van der Waals surface area (Å²) < 4.78 is 6.87. The highest BCUT2D eigenvalue weighted by Gasteiger charge is 2.00. The van der Waals surface area contributed by atoms with Crippen LogP contribution in [-0.4, -0.2) is 21.9 Å². The van der Waals surface area contributed by atoms with Crippen LogP contribution in [0.5, 0.6) is 5.75 Å². The van der Waals surface area contributed by atoms with Crippen molar-refractivity contribution in [3.05, 3.63) is 35.7 Å². The molecule has 2 aromatic rings. The molecule has 5 nitrogen and oxygen atoms in total. The summed E-state index contributed by atoms with van der Waals surface area (Å²) in [6, 6.07) is 7.76. The lowest BCUT2D eigenvalue weighted by molar-refractivity contribution is 0.414. The number of benzene rings is 1.